The van der Waals surface area contributed by atoms with Gasteiger partial charge in [0, 0.05) is 35.3 Å². The number of aromatic hydroxyl groups is 2. The van der Waals surface area contributed by atoms with Crippen LogP contribution in [0, 0.1) is 28.6 Å². The number of nitrogens with one attached hydrogen (secondary N) is 3. The van der Waals surface area contributed by atoms with Gasteiger partial charge in [-0.15, -0.1) is 0 Å². The number of hydrogen-bond acceptors (Lipinski definition) is 13. The number of rotatable bonds is 16. The average molecular weight is 800 g/mol. The van der Waals surface area contributed by atoms with E-state index in [2.05, 4.69) is 26.5 Å². The third kappa shape index (κ3) is 8.66. The normalized spacial score (nSPS) is 12.7. The molecule has 9 N–H and O–H groups in total. The smallest absolute Gasteiger partial charge is 0.234 e. The topological polar surface area (TPSA) is 252 Å². The summed E-state index contributed by atoms with van der Waals surface area (Å²) in [5, 5.41) is 53.7. The molecule has 2 unspecified atom stereocenters. The Balaban J connectivity index is 1.33. The second-order valence-corrected chi connectivity index (χ2v) is 14.0. The van der Waals surface area contributed by atoms with Gasteiger partial charge < -0.3 is 27.1 Å². The minimum absolute atomic E-state index is 0.0127. The first-order chi connectivity index (χ1) is 29.0. The number of nitriles is 2. The van der Waals surface area contributed by atoms with Gasteiger partial charge in [-0.05, 0) is 75.0 Å². The molecule has 6 aromatic carbocycles. The first kappa shape index (κ1) is 41.7. The lowest BCUT2D eigenvalue weighted by Gasteiger charge is -2.22. The number of fused-ring (bicyclic) bond motifs is 2. The molecule has 14 heteroatoms. The van der Waals surface area contributed by atoms with Crippen LogP contribution in [0.3, 0.4) is 0 Å². The Morgan fingerprint density at radius 1 is 0.700 bits per heavy atom. The van der Waals surface area contributed by atoms with Crippen LogP contribution in [0.1, 0.15) is 74.4 Å². The number of hydrazine groups is 1. The Hall–Kier alpha value is -7.91. The van der Waals surface area contributed by atoms with Crippen molar-refractivity contribution < 1.29 is 24.6 Å². The number of phenols is 2. The molecule has 0 heterocycles. The minimum atomic E-state index is -0.540. The van der Waals surface area contributed by atoms with Gasteiger partial charge in [-0.3, -0.25) is 14.4 Å². The molecule has 0 spiro atoms. The fourth-order valence-electron chi connectivity index (χ4n) is 7.00. The van der Waals surface area contributed by atoms with Crippen molar-refractivity contribution in [1.29, 1.82) is 10.5 Å². The van der Waals surface area contributed by atoms with E-state index in [0.29, 0.717) is 28.4 Å². The van der Waals surface area contributed by atoms with E-state index in [1.807, 2.05) is 80.6 Å². The van der Waals surface area contributed by atoms with Gasteiger partial charge >= 0.3 is 0 Å². The molecule has 0 aliphatic carbocycles. The predicted octanol–water partition coefficient (Wildman–Crippen LogP) is 5.56. The summed E-state index contributed by atoms with van der Waals surface area (Å²) in [6.45, 7) is 4.48. The van der Waals surface area contributed by atoms with Crippen LogP contribution in [0.5, 0.6) is 11.5 Å². The van der Waals surface area contributed by atoms with E-state index < -0.39 is 23.5 Å². The van der Waals surface area contributed by atoms with E-state index in [1.165, 1.54) is 36.4 Å². The Kier molecular flexibility index (Phi) is 12.9. The highest BCUT2D eigenvalue weighted by molar-refractivity contribution is 6.53. The molecule has 0 saturated heterocycles. The molecule has 300 valence electrons. The van der Waals surface area contributed by atoms with E-state index in [0.717, 1.165) is 28.3 Å². The lowest BCUT2D eigenvalue weighted by atomic mass is 9.92. The summed E-state index contributed by atoms with van der Waals surface area (Å²) in [7, 11) is 0. The molecular formula is C46H41N9O5. The molecule has 0 fully saturated rings. The van der Waals surface area contributed by atoms with Crippen LogP contribution in [0.4, 0.5) is 0 Å². The van der Waals surface area contributed by atoms with Crippen molar-refractivity contribution >= 4 is 50.4 Å². The van der Waals surface area contributed by atoms with Gasteiger partial charge in [0.05, 0.1) is 17.2 Å². The molecular weight excluding hydrogens is 759 g/mol. The van der Waals surface area contributed by atoms with Crippen LogP contribution < -0.4 is 27.9 Å². The molecule has 6 aromatic rings. The van der Waals surface area contributed by atoms with Crippen molar-refractivity contribution in [2.45, 2.75) is 39.4 Å². The van der Waals surface area contributed by atoms with Gasteiger partial charge in [0.25, 0.3) is 0 Å². The Morgan fingerprint density at radius 3 is 1.67 bits per heavy atom. The SMILES string of the molecule is CCC(C)C(NCc1ccc(C(=NNNCc2ccc(C(=NN)C(=O)c3ccc(O)c(C#N)c3)c3ccccc23)C(=O)c2ccc(O)c(C#N)c2)c2ccccc12)C(N)=O. The Bertz CT molecular complexity index is 2800. The third-order valence-corrected chi connectivity index (χ3v) is 10.4. The van der Waals surface area contributed by atoms with E-state index in [1.54, 1.807) is 18.2 Å². The molecule has 14 nitrogen and oxygen atoms in total. The van der Waals surface area contributed by atoms with Crippen molar-refractivity contribution in [2.75, 3.05) is 0 Å². The van der Waals surface area contributed by atoms with Crippen LogP contribution in [0.15, 0.2) is 119 Å². The molecule has 2 atom stereocenters. The highest BCUT2D eigenvalue weighted by Crippen LogP contribution is 2.28. The van der Waals surface area contributed by atoms with Crippen molar-refractivity contribution in [2.24, 2.45) is 27.7 Å². The van der Waals surface area contributed by atoms with Crippen LogP contribution in [-0.4, -0.2) is 45.2 Å². The van der Waals surface area contributed by atoms with Crippen molar-refractivity contribution in [3.63, 3.8) is 0 Å². The summed E-state index contributed by atoms with van der Waals surface area (Å²) in [4.78, 5) is 40.2. The fourth-order valence-corrected chi connectivity index (χ4v) is 7.00. The molecule has 1 amide bonds. The first-order valence-electron chi connectivity index (χ1n) is 18.9. The third-order valence-electron chi connectivity index (χ3n) is 10.4. The number of carbonyl (C=O) groups is 3. The number of nitrogens with two attached hydrogens (primary N) is 2. The number of hydrogen-bond donors (Lipinski definition) is 7. The second kappa shape index (κ2) is 18.6. The molecule has 0 bridgehead atoms. The molecule has 0 aliphatic heterocycles. The lowest BCUT2D eigenvalue weighted by Crippen LogP contribution is -2.45. The first-order valence-corrected chi connectivity index (χ1v) is 18.9. The second-order valence-electron chi connectivity index (χ2n) is 14.0. The van der Waals surface area contributed by atoms with E-state index in [4.69, 9.17) is 11.6 Å². The number of carbonyl (C=O) groups excluding carboxylic acids is 3. The van der Waals surface area contributed by atoms with E-state index in [-0.39, 0.29) is 57.6 Å². The van der Waals surface area contributed by atoms with Gasteiger partial charge in [0.15, 0.2) is 0 Å². The van der Waals surface area contributed by atoms with Gasteiger partial charge in [-0.25, -0.2) is 11.0 Å². The maximum Gasteiger partial charge on any atom is 0.234 e. The van der Waals surface area contributed by atoms with Crippen LogP contribution >= 0.6 is 0 Å². The number of primary amides is 1. The summed E-state index contributed by atoms with van der Waals surface area (Å²) >= 11 is 0. The van der Waals surface area contributed by atoms with Crippen LogP contribution in [0.2, 0.25) is 0 Å². The zero-order chi connectivity index (χ0) is 42.9. The number of hydrazone groups is 2. The largest absolute Gasteiger partial charge is 0.507 e. The van der Waals surface area contributed by atoms with Gasteiger partial charge in [-0.2, -0.15) is 20.7 Å². The highest BCUT2D eigenvalue weighted by atomic mass is 16.3. The minimum Gasteiger partial charge on any atom is -0.507 e. The standard InChI is InChI=1S/C46H41N9O5/c1-3-26(2)41(46(49)60)51-24-29-12-17-38(36-11-7-4-8-33(29)36)43(45(59)28-15-19-40(57)32(21-28)23-48)54-55-52-25-30-13-16-37(35-10-6-5-9-34(30)35)42(53-50)44(58)27-14-18-39(56)31(20-27)22-47/h4-21,26,41,51-52,55-57H,3,24-25,50H2,1-2H3,(H2,49,60). The zero-order valence-electron chi connectivity index (χ0n) is 32.7. The van der Waals surface area contributed by atoms with Crippen molar-refractivity contribution in [1.82, 2.24) is 16.3 Å². The quantitative estimate of drug-likeness (QED) is 0.0210. The maximum absolute atomic E-state index is 14.3. The van der Waals surface area contributed by atoms with E-state index in [9.17, 15) is 35.1 Å². The summed E-state index contributed by atoms with van der Waals surface area (Å²) in [5.74, 6) is 3.78. The number of nitrogens with zero attached hydrogens (tertiary/aromatic N) is 4. The summed E-state index contributed by atoms with van der Waals surface area (Å²) in [6, 6.07) is 33.1. The Morgan fingerprint density at radius 2 is 1.18 bits per heavy atom. The number of ketones is 2. The molecule has 0 saturated carbocycles. The van der Waals surface area contributed by atoms with Crippen LogP contribution in [0.25, 0.3) is 21.5 Å². The number of phenolic OH excluding ortho intramolecular Hbond substituents is 2. The molecule has 6 rings (SSSR count). The zero-order valence-corrected chi connectivity index (χ0v) is 32.7. The van der Waals surface area contributed by atoms with Gasteiger partial charge in [0.1, 0.15) is 35.1 Å². The molecule has 0 radical (unpaired) electrons. The van der Waals surface area contributed by atoms with Gasteiger partial charge in [0.2, 0.25) is 17.5 Å². The molecule has 60 heavy (non-hydrogen) atoms. The number of amides is 1. The molecule has 0 aromatic heterocycles. The monoisotopic (exact) mass is 799 g/mol. The Labute approximate surface area is 345 Å². The summed E-state index contributed by atoms with van der Waals surface area (Å²) in [5.41, 5.74) is 14.3. The summed E-state index contributed by atoms with van der Waals surface area (Å²) < 4.78 is 0. The molecule has 0 aliphatic rings. The fraction of sp³-hybridized carbons (Fsp3) is 0.152. The predicted molar refractivity (Wildman–Crippen MR) is 229 cm³/mol. The lowest BCUT2D eigenvalue weighted by molar-refractivity contribution is -0.121. The van der Waals surface area contributed by atoms with Crippen LogP contribution in [-0.2, 0) is 17.9 Å². The number of Topliss-reactive ketones (excluding diaryl/α,β-unsaturated/α-hetero) is 2. The van der Waals surface area contributed by atoms with Crippen molar-refractivity contribution in [3.05, 3.63) is 154 Å². The number of benzene rings is 6. The maximum atomic E-state index is 14.3. The van der Waals surface area contributed by atoms with Gasteiger partial charge in [-0.1, -0.05) is 93.1 Å². The highest BCUT2D eigenvalue weighted by Gasteiger charge is 2.24. The van der Waals surface area contributed by atoms with Crippen molar-refractivity contribution in [3.8, 4) is 23.6 Å². The van der Waals surface area contributed by atoms with E-state index >= 15 is 0 Å². The summed E-state index contributed by atoms with van der Waals surface area (Å²) in [6.07, 6.45) is 0.758. The average Bonchev–Trinajstić information content (AvgIpc) is 3.27.